The molecule has 0 saturated carbocycles. The van der Waals surface area contributed by atoms with Gasteiger partial charge in [-0.15, -0.1) is 0 Å². The van der Waals surface area contributed by atoms with Crippen LogP contribution in [0.25, 0.3) is 0 Å². The Morgan fingerprint density at radius 2 is 1.94 bits per heavy atom. The van der Waals surface area contributed by atoms with Crippen molar-refractivity contribution in [1.29, 1.82) is 0 Å². The van der Waals surface area contributed by atoms with Crippen LogP contribution in [0.5, 0.6) is 0 Å². The van der Waals surface area contributed by atoms with Gasteiger partial charge in [-0.2, -0.15) is 0 Å². The molecule has 0 spiro atoms. The molecular weight excluding hydrogens is 224 g/mol. The Labute approximate surface area is 113 Å². The molecule has 1 saturated heterocycles. The summed E-state index contributed by atoms with van der Waals surface area (Å²) in [6.45, 7) is 11.2. The highest BCUT2D eigenvalue weighted by Gasteiger charge is 2.14. The van der Waals surface area contributed by atoms with E-state index in [-0.39, 0.29) is 0 Å². The second-order valence-corrected chi connectivity index (χ2v) is 5.34. The molecule has 0 aliphatic carbocycles. The van der Waals surface area contributed by atoms with E-state index < -0.39 is 0 Å². The predicted molar refractivity (Wildman–Crippen MR) is 78.1 cm³/mol. The number of hydrogen-bond acceptors (Lipinski definition) is 3. The van der Waals surface area contributed by atoms with Crippen molar-refractivity contribution in [2.24, 2.45) is 0 Å². The molecule has 1 atom stereocenters. The third-order valence-electron chi connectivity index (χ3n) is 3.81. The molecule has 0 bridgehead atoms. The SMILES string of the molecule is CCCCOCCCNC1CCCN(CC)CC1. The molecule has 0 aromatic rings. The molecule has 1 N–H and O–H groups in total. The Morgan fingerprint density at radius 3 is 2.72 bits per heavy atom. The van der Waals surface area contributed by atoms with Gasteiger partial charge in [0.05, 0.1) is 0 Å². The van der Waals surface area contributed by atoms with Crippen LogP contribution in [0.15, 0.2) is 0 Å². The monoisotopic (exact) mass is 256 g/mol. The maximum atomic E-state index is 5.57. The van der Waals surface area contributed by atoms with Gasteiger partial charge in [-0.3, -0.25) is 0 Å². The molecule has 18 heavy (non-hydrogen) atoms. The number of ether oxygens (including phenoxy) is 1. The van der Waals surface area contributed by atoms with Crippen LogP contribution < -0.4 is 5.32 Å². The van der Waals surface area contributed by atoms with Crippen molar-refractivity contribution in [3.8, 4) is 0 Å². The van der Waals surface area contributed by atoms with Crippen LogP contribution in [-0.2, 0) is 4.74 Å². The van der Waals surface area contributed by atoms with Gasteiger partial charge in [0.1, 0.15) is 0 Å². The van der Waals surface area contributed by atoms with E-state index in [1.165, 1.54) is 51.7 Å². The second-order valence-electron chi connectivity index (χ2n) is 5.34. The average molecular weight is 256 g/mol. The van der Waals surface area contributed by atoms with Crippen LogP contribution in [0, 0.1) is 0 Å². The molecule has 1 unspecified atom stereocenters. The van der Waals surface area contributed by atoms with E-state index in [4.69, 9.17) is 4.74 Å². The Hall–Kier alpha value is -0.120. The molecule has 0 amide bonds. The zero-order valence-electron chi connectivity index (χ0n) is 12.4. The van der Waals surface area contributed by atoms with E-state index in [9.17, 15) is 0 Å². The fourth-order valence-electron chi connectivity index (χ4n) is 2.51. The van der Waals surface area contributed by atoms with Gasteiger partial charge in [0.25, 0.3) is 0 Å². The topological polar surface area (TPSA) is 24.5 Å². The molecule has 3 nitrogen and oxygen atoms in total. The zero-order valence-corrected chi connectivity index (χ0v) is 12.4. The number of likely N-dealkylation sites (tertiary alicyclic amines) is 1. The van der Waals surface area contributed by atoms with Crippen molar-refractivity contribution >= 4 is 0 Å². The lowest BCUT2D eigenvalue weighted by atomic mass is 10.1. The fourth-order valence-corrected chi connectivity index (χ4v) is 2.51. The van der Waals surface area contributed by atoms with Gasteiger partial charge in [-0.05, 0) is 58.3 Å². The quantitative estimate of drug-likeness (QED) is 0.642. The minimum Gasteiger partial charge on any atom is -0.381 e. The Bertz CT molecular complexity index is 187. The maximum Gasteiger partial charge on any atom is 0.0478 e. The fraction of sp³-hybridized carbons (Fsp3) is 1.00. The molecule has 0 radical (unpaired) electrons. The molecule has 1 rings (SSSR count). The maximum absolute atomic E-state index is 5.57. The molecule has 1 fully saturated rings. The van der Waals surface area contributed by atoms with Crippen molar-refractivity contribution in [1.82, 2.24) is 10.2 Å². The van der Waals surface area contributed by atoms with Gasteiger partial charge in [-0.1, -0.05) is 20.3 Å². The van der Waals surface area contributed by atoms with Crippen LogP contribution in [0.3, 0.4) is 0 Å². The van der Waals surface area contributed by atoms with E-state index >= 15 is 0 Å². The molecule has 0 aromatic heterocycles. The molecule has 0 aromatic carbocycles. The first-order valence-electron chi connectivity index (χ1n) is 7.90. The van der Waals surface area contributed by atoms with Crippen LogP contribution in [0.2, 0.25) is 0 Å². The van der Waals surface area contributed by atoms with Gasteiger partial charge in [0, 0.05) is 19.3 Å². The summed E-state index contributed by atoms with van der Waals surface area (Å²) >= 11 is 0. The van der Waals surface area contributed by atoms with Crippen molar-refractivity contribution < 1.29 is 4.74 Å². The minimum atomic E-state index is 0.734. The molecule has 108 valence electrons. The lowest BCUT2D eigenvalue weighted by molar-refractivity contribution is 0.128. The number of rotatable bonds is 9. The van der Waals surface area contributed by atoms with Crippen LogP contribution in [0.4, 0.5) is 0 Å². The van der Waals surface area contributed by atoms with Crippen LogP contribution >= 0.6 is 0 Å². The molecule has 1 heterocycles. The van der Waals surface area contributed by atoms with Crippen molar-refractivity contribution in [2.45, 2.75) is 58.4 Å². The smallest absolute Gasteiger partial charge is 0.0478 e. The molecule has 1 aliphatic heterocycles. The van der Waals surface area contributed by atoms with E-state index in [0.717, 1.165) is 32.2 Å². The molecule has 3 heteroatoms. The highest BCUT2D eigenvalue weighted by atomic mass is 16.5. The second kappa shape index (κ2) is 10.8. The van der Waals surface area contributed by atoms with Gasteiger partial charge < -0.3 is 15.0 Å². The molecular formula is C15H32N2O. The lowest BCUT2D eigenvalue weighted by Crippen LogP contribution is -2.32. The van der Waals surface area contributed by atoms with Crippen LogP contribution in [-0.4, -0.2) is 50.3 Å². The first-order valence-corrected chi connectivity index (χ1v) is 7.90. The normalized spacial score (nSPS) is 22.0. The van der Waals surface area contributed by atoms with Gasteiger partial charge in [-0.25, -0.2) is 0 Å². The van der Waals surface area contributed by atoms with E-state index in [0.29, 0.717) is 0 Å². The summed E-state index contributed by atoms with van der Waals surface area (Å²) in [5.41, 5.74) is 0. The number of nitrogens with one attached hydrogen (secondary N) is 1. The summed E-state index contributed by atoms with van der Waals surface area (Å²) in [4.78, 5) is 2.57. The standard InChI is InChI=1S/C15H32N2O/c1-3-5-13-18-14-7-10-16-15-8-6-11-17(4-2)12-9-15/h15-16H,3-14H2,1-2H3. The Balaban J connectivity index is 1.95. The summed E-state index contributed by atoms with van der Waals surface area (Å²) in [6.07, 6.45) is 7.57. The van der Waals surface area contributed by atoms with Crippen molar-refractivity contribution in [3.05, 3.63) is 0 Å². The largest absolute Gasteiger partial charge is 0.381 e. The number of unbranched alkanes of at least 4 members (excludes halogenated alkanes) is 1. The third kappa shape index (κ3) is 7.34. The number of hydrogen-bond donors (Lipinski definition) is 1. The highest BCUT2D eigenvalue weighted by molar-refractivity contribution is 4.74. The molecule has 1 aliphatic rings. The first-order chi connectivity index (χ1) is 8.86. The Morgan fingerprint density at radius 1 is 1.11 bits per heavy atom. The van der Waals surface area contributed by atoms with E-state index in [1.807, 2.05) is 0 Å². The summed E-state index contributed by atoms with van der Waals surface area (Å²) in [5.74, 6) is 0. The summed E-state index contributed by atoms with van der Waals surface area (Å²) in [5, 5.41) is 3.69. The Kier molecular flexibility index (Phi) is 9.54. The van der Waals surface area contributed by atoms with E-state index in [2.05, 4.69) is 24.1 Å². The van der Waals surface area contributed by atoms with Crippen LogP contribution in [0.1, 0.15) is 52.4 Å². The average Bonchev–Trinajstić information content (AvgIpc) is 2.63. The first kappa shape index (κ1) is 15.9. The van der Waals surface area contributed by atoms with Crippen molar-refractivity contribution in [2.75, 3.05) is 39.4 Å². The summed E-state index contributed by atoms with van der Waals surface area (Å²) < 4.78 is 5.57. The van der Waals surface area contributed by atoms with Gasteiger partial charge in [0.15, 0.2) is 0 Å². The van der Waals surface area contributed by atoms with Crippen molar-refractivity contribution in [3.63, 3.8) is 0 Å². The minimum absolute atomic E-state index is 0.734. The predicted octanol–water partition coefficient (Wildman–Crippen LogP) is 2.66. The van der Waals surface area contributed by atoms with Gasteiger partial charge in [0.2, 0.25) is 0 Å². The summed E-state index contributed by atoms with van der Waals surface area (Å²) in [6, 6.07) is 0.734. The van der Waals surface area contributed by atoms with E-state index in [1.54, 1.807) is 0 Å². The zero-order chi connectivity index (χ0) is 13.1. The highest BCUT2D eigenvalue weighted by Crippen LogP contribution is 2.10. The number of nitrogens with zero attached hydrogens (tertiary/aromatic N) is 1. The lowest BCUT2D eigenvalue weighted by Gasteiger charge is -2.18. The third-order valence-corrected chi connectivity index (χ3v) is 3.81. The van der Waals surface area contributed by atoms with Gasteiger partial charge >= 0.3 is 0 Å². The summed E-state index contributed by atoms with van der Waals surface area (Å²) in [7, 11) is 0.